The van der Waals surface area contributed by atoms with Crippen LogP contribution in [0.5, 0.6) is 5.75 Å². The fraction of sp³-hybridized carbons (Fsp3) is 0.615. The van der Waals surface area contributed by atoms with Crippen LogP contribution in [0.2, 0.25) is 0 Å². The van der Waals surface area contributed by atoms with E-state index in [9.17, 15) is 4.79 Å². The van der Waals surface area contributed by atoms with Gasteiger partial charge in [-0.05, 0) is 32.3 Å². The van der Waals surface area contributed by atoms with Gasteiger partial charge in [-0.25, -0.2) is 0 Å². The van der Waals surface area contributed by atoms with Gasteiger partial charge >= 0.3 is 0 Å². The van der Waals surface area contributed by atoms with Gasteiger partial charge in [-0.2, -0.15) is 0 Å². The van der Waals surface area contributed by atoms with Crippen LogP contribution in [0.25, 0.3) is 0 Å². The van der Waals surface area contributed by atoms with E-state index >= 15 is 0 Å². The molecule has 1 saturated heterocycles. The Kier molecular flexibility index (Phi) is 4.60. The number of nitrogens with one attached hydrogen (secondary N) is 1. The molecule has 1 aliphatic heterocycles. The number of ether oxygens (including phenoxy) is 2. The van der Waals surface area contributed by atoms with Gasteiger partial charge in [0.15, 0.2) is 0 Å². The van der Waals surface area contributed by atoms with Crippen LogP contribution in [-0.2, 0) is 4.74 Å². The molecule has 1 aliphatic rings. The van der Waals surface area contributed by atoms with Crippen molar-refractivity contribution in [1.29, 1.82) is 0 Å². The number of aryl methyl sites for hydroxylation is 1. The van der Waals surface area contributed by atoms with Gasteiger partial charge in [0.25, 0.3) is 5.91 Å². The van der Waals surface area contributed by atoms with Crippen LogP contribution in [0.15, 0.2) is 6.07 Å². The van der Waals surface area contributed by atoms with Crippen molar-refractivity contribution in [1.82, 2.24) is 5.32 Å². The lowest BCUT2D eigenvalue weighted by atomic mass is 10.2. The molecule has 0 aliphatic carbocycles. The first-order valence-electron chi connectivity index (χ1n) is 6.25. The van der Waals surface area contributed by atoms with E-state index in [0.717, 1.165) is 30.7 Å². The van der Waals surface area contributed by atoms with Crippen molar-refractivity contribution in [2.24, 2.45) is 0 Å². The highest BCUT2D eigenvalue weighted by molar-refractivity contribution is 7.14. The minimum Gasteiger partial charge on any atom is -0.495 e. The smallest absolute Gasteiger partial charge is 0.265 e. The lowest BCUT2D eigenvalue weighted by Gasteiger charge is -2.10. The fourth-order valence-corrected chi connectivity index (χ4v) is 3.00. The lowest BCUT2D eigenvalue weighted by Crippen LogP contribution is -2.26. The van der Waals surface area contributed by atoms with Crippen LogP contribution in [0.4, 0.5) is 0 Å². The SMILES string of the molecule is COc1cc(C)sc1C(=O)NCC[C@@H]1CCCO1. The first kappa shape index (κ1) is 13.4. The Labute approximate surface area is 111 Å². The van der Waals surface area contributed by atoms with Crippen LogP contribution in [0.1, 0.15) is 33.8 Å². The zero-order valence-electron chi connectivity index (χ0n) is 10.8. The molecule has 1 amide bonds. The largest absolute Gasteiger partial charge is 0.495 e. The first-order chi connectivity index (χ1) is 8.70. The number of amides is 1. The van der Waals surface area contributed by atoms with Gasteiger partial charge < -0.3 is 14.8 Å². The molecule has 1 atom stereocenters. The topological polar surface area (TPSA) is 47.6 Å². The van der Waals surface area contributed by atoms with Gasteiger partial charge in [0.05, 0.1) is 13.2 Å². The lowest BCUT2D eigenvalue weighted by molar-refractivity contribution is 0.0908. The molecule has 0 bridgehead atoms. The minimum atomic E-state index is -0.0528. The molecule has 100 valence electrons. The van der Waals surface area contributed by atoms with E-state index in [1.54, 1.807) is 7.11 Å². The highest BCUT2D eigenvalue weighted by Gasteiger charge is 2.18. The van der Waals surface area contributed by atoms with Gasteiger partial charge in [-0.15, -0.1) is 11.3 Å². The van der Waals surface area contributed by atoms with Gasteiger partial charge in [0, 0.05) is 18.0 Å². The van der Waals surface area contributed by atoms with E-state index in [1.165, 1.54) is 11.3 Å². The molecule has 0 radical (unpaired) electrons. The molecule has 0 aromatic carbocycles. The minimum absolute atomic E-state index is 0.0528. The molecule has 1 fully saturated rings. The van der Waals surface area contributed by atoms with Crippen LogP contribution in [0, 0.1) is 6.92 Å². The Balaban J connectivity index is 1.83. The molecular weight excluding hydrogens is 250 g/mol. The van der Waals surface area contributed by atoms with Crippen LogP contribution < -0.4 is 10.1 Å². The van der Waals surface area contributed by atoms with Crippen molar-refractivity contribution in [3.05, 3.63) is 15.8 Å². The van der Waals surface area contributed by atoms with Crippen molar-refractivity contribution in [2.45, 2.75) is 32.3 Å². The number of rotatable bonds is 5. The molecule has 1 aromatic heterocycles. The molecule has 4 nitrogen and oxygen atoms in total. The molecule has 1 N–H and O–H groups in total. The Morgan fingerprint density at radius 2 is 2.50 bits per heavy atom. The second-order valence-electron chi connectivity index (χ2n) is 4.43. The van der Waals surface area contributed by atoms with Crippen molar-refractivity contribution < 1.29 is 14.3 Å². The predicted molar refractivity (Wildman–Crippen MR) is 71.5 cm³/mol. The predicted octanol–water partition coefficient (Wildman–Crippen LogP) is 2.36. The van der Waals surface area contributed by atoms with E-state index in [2.05, 4.69) is 5.32 Å². The van der Waals surface area contributed by atoms with Crippen molar-refractivity contribution in [3.63, 3.8) is 0 Å². The van der Waals surface area contributed by atoms with Crippen molar-refractivity contribution in [3.8, 4) is 5.75 Å². The van der Waals surface area contributed by atoms with Crippen molar-refractivity contribution >= 4 is 17.2 Å². The van der Waals surface area contributed by atoms with Gasteiger partial charge in [0.2, 0.25) is 0 Å². The quantitative estimate of drug-likeness (QED) is 0.892. The molecule has 2 heterocycles. The molecule has 0 spiro atoms. The second kappa shape index (κ2) is 6.20. The summed E-state index contributed by atoms with van der Waals surface area (Å²) in [7, 11) is 1.59. The van der Waals surface area contributed by atoms with E-state index in [1.807, 2.05) is 13.0 Å². The molecule has 0 unspecified atom stereocenters. The molecule has 2 rings (SSSR count). The van der Waals surface area contributed by atoms with Gasteiger partial charge in [-0.3, -0.25) is 4.79 Å². The summed E-state index contributed by atoms with van der Waals surface area (Å²) in [5, 5.41) is 2.93. The van der Waals surface area contributed by atoms with Crippen LogP contribution in [-0.4, -0.2) is 32.3 Å². The number of carbonyl (C=O) groups excluding carboxylic acids is 1. The van der Waals surface area contributed by atoms with E-state index < -0.39 is 0 Å². The van der Waals surface area contributed by atoms with Crippen LogP contribution in [0.3, 0.4) is 0 Å². The average molecular weight is 269 g/mol. The number of methoxy groups -OCH3 is 1. The summed E-state index contributed by atoms with van der Waals surface area (Å²) in [4.78, 5) is 13.7. The third-order valence-electron chi connectivity index (χ3n) is 3.02. The molecular formula is C13H19NO3S. The Morgan fingerprint density at radius 1 is 1.67 bits per heavy atom. The second-order valence-corrected chi connectivity index (χ2v) is 5.69. The number of carbonyl (C=O) groups is 1. The maximum absolute atomic E-state index is 12.0. The van der Waals surface area contributed by atoms with Crippen LogP contribution >= 0.6 is 11.3 Å². The summed E-state index contributed by atoms with van der Waals surface area (Å²) in [6.07, 6.45) is 3.45. The van der Waals surface area contributed by atoms with E-state index in [-0.39, 0.29) is 5.91 Å². The number of hydrogen-bond acceptors (Lipinski definition) is 4. The third kappa shape index (κ3) is 3.23. The third-order valence-corrected chi connectivity index (χ3v) is 4.05. The molecule has 1 aromatic rings. The Morgan fingerprint density at radius 3 is 3.17 bits per heavy atom. The zero-order chi connectivity index (χ0) is 13.0. The molecule has 0 saturated carbocycles. The summed E-state index contributed by atoms with van der Waals surface area (Å²) in [5.74, 6) is 0.607. The van der Waals surface area contributed by atoms with E-state index in [0.29, 0.717) is 23.3 Å². The molecule has 5 heteroatoms. The maximum atomic E-state index is 12.0. The Hall–Kier alpha value is -1.07. The molecule has 18 heavy (non-hydrogen) atoms. The number of thiophene rings is 1. The number of hydrogen-bond donors (Lipinski definition) is 1. The summed E-state index contributed by atoms with van der Waals surface area (Å²) in [6.45, 7) is 3.48. The Bertz CT molecular complexity index is 410. The summed E-state index contributed by atoms with van der Waals surface area (Å²) in [6, 6.07) is 1.89. The van der Waals surface area contributed by atoms with Crippen molar-refractivity contribution in [2.75, 3.05) is 20.3 Å². The summed E-state index contributed by atoms with van der Waals surface area (Å²) >= 11 is 1.46. The fourth-order valence-electron chi connectivity index (χ4n) is 2.10. The average Bonchev–Trinajstić information content (AvgIpc) is 2.98. The van der Waals surface area contributed by atoms with Gasteiger partial charge in [-0.1, -0.05) is 0 Å². The monoisotopic (exact) mass is 269 g/mol. The standard InChI is InChI=1S/C13H19NO3S/c1-9-8-11(16-2)12(18-9)13(15)14-6-5-10-4-3-7-17-10/h8,10H,3-7H2,1-2H3,(H,14,15)/t10-/m0/s1. The summed E-state index contributed by atoms with van der Waals surface area (Å²) < 4.78 is 10.7. The maximum Gasteiger partial charge on any atom is 0.265 e. The van der Waals surface area contributed by atoms with E-state index in [4.69, 9.17) is 9.47 Å². The zero-order valence-corrected chi connectivity index (χ0v) is 11.6. The highest BCUT2D eigenvalue weighted by Crippen LogP contribution is 2.28. The normalized spacial score (nSPS) is 18.9. The summed E-state index contributed by atoms with van der Waals surface area (Å²) in [5.41, 5.74) is 0. The highest BCUT2D eigenvalue weighted by atomic mass is 32.1. The van der Waals surface area contributed by atoms with Gasteiger partial charge in [0.1, 0.15) is 10.6 Å². The first-order valence-corrected chi connectivity index (χ1v) is 7.06.